The van der Waals surface area contributed by atoms with E-state index in [2.05, 4.69) is 15.0 Å². The number of pyridine rings is 1. The lowest BCUT2D eigenvalue weighted by atomic mass is 10.0. The summed E-state index contributed by atoms with van der Waals surface area (Å²) in [5, 5.41) is 0. The summed E-state index contributed by atoms with van der Waals surface area (Å²) >= 11 is 0. The van der Waals surface area contributed by atoms with Gasteiger partial charge in [0.2, 0.25) is 0 Å². The first-order valence-electron chi connectivity index (χ1n) is 5.61. The molecule has 0 aliphatic carbocycles. The molecule has 0 aliphatic heterocycles. The normalized spacial score (nSPS) is 10.6. The summed E-state index contributed by atoms with van der Waals surface area (Å²) < 4.78 is 13.5. The number of carbonyl (C=O) groups is 1. The Kier molecular flexibility index (Phi) is 2.72. The zero-order valence-corrected chi connectivity index (χ0v) is 9.75. The molecule has 0 saturated carbocycles. The molecule has 3 rings (SSSR count). The van der Waals surface area contributed by atoms with Crippen molar-refractivity contribution < 1.29 is 9.18 Å². The third kappa shape index (κ3) is 2.06. The second kappa shape index (κ2) is 4.53. The molecular formula is C14H8FN3O. The SMILES string of the molecule is O=C(c1ccc2nccnc2c1)c1ccncc1F. The largest absolute Gasteiger partial charge is 0.288 e. The lowest BCUT2D eigenvalue weighted by Gasteiger charge is -2.03. The minimum absolute atomic E-state index is 0.00163. The average molecular weight is 253 g/mol. The quantitative estimate of drug-likeness (QED) is 0.658. The first-order valence-corrected chi connectivity index (χ1v) is 5.61. The minimum atomic E-state index is -0.633. The monoisotopic (exact) mass is 253 g/mol. The van der Waals surface area contributed by atoms with Gasteiger partial charge in [-0.3, -0.25) is 19.7 Å². The summed E-state index contributed by atoms with van der Waals surface area (Å²) in [6.07, 6.45) is 5.53. The Morgan fingerprint density at radius 3 is 2.58 bits per heavy atom. The van der Waals surface area contributed by atoms with Gasteiger partial charge >= 0.3 is 0 Å². The van der Waals surface area contributed by atoms with Crippen molar-refractivity contribution in [2.45, 2.75) is 0 Å². The topological polar surface area (TPSA) is 55.7 Å². The molecule has 1 aromatic carbocycles. The highest BCUT2D eigenvalue weighted by atomic mass is 19.1. The van der Waals surface area contributed by atoms with Crippen molar-refractivity contribution >= 4 is 16.8 Å². The molecule has 2 aromatic heterocycles. The number of benzene rings is 1. The number of aromatic nitrogens is 3. The molecular weight excluding hydrogens is 245 g/mol. The van der Waals surface area contributed by atoms with Gasteiger partial charge in [0.05, 0.1) is 22.8 Å². The number of rotatable bonds is 2. The third-order valence-corrected chi connectivity index (χ3v) is 2.75. The van der Waals surface area contributed by atoms with Crippen molar-refractivity contribution in [1.29, 1.82) is 0 Å². The molecule has 0 N–H and O–H groups in total. The Morgan fingerprint density at radius 1 is 1.00 bits per heavy atom. The molecule has 4 nitrogen and oxygen atoms in total. The maximum Gasteiger partial charge on any atom is 0.196 e. The zero-order chi connectivity index (χ0) is 13.2. The van der Waals surface area contributed by atoms with E-state index in [0.29, 0.717) is 16.6 Å². The van der Waals surface area contributed by atoms with Crippen LogP contribution >= 0.6 is 0 Å². The Morgan fingerprint density at radius 2 is 1.79 bits per heavy atom. The number of carbonyl (C=O) groups excluding carboxylic acids is 1. The van der Waals surface area contributed by atoms with Crippen LogP contribution in [0.2, 0.25) is 0 Å². The smallest absolute Gasteiger partial charge is 0.196 e. The first kappa shape index (κ1) is 11.4. The number of nitrogens with zero attached hydrogens (tertiary/aromatic N) is 3. The standard InChI is InChI=1S/C14H8FN3O/c15-11-8-16-4-3-10(11)14(19)9-1-2-12-13(7-9)18-6-5-17-12/h1-8H. The van der Waals surface area contributed by atoms with Crippen LogP contribution in [-0.2, 0) is 0 Å². The summed E-state index contributed by atoms with van der Waals surface area (Å²) in [6, 6.07) is 6.26. The molecule has 0 saturated heterocycles. The molecule has 0 atom stereocenters. The van der Waals surface area contributed by atoms with Crippen LogP contribution in [0, 0.1) is 5.82 Å². The van der Waals surface area contributed by atoms with Crippen LogP contribution in [0.1, 0.15) is 15.9 Å². The Hall–Kier alpha value is -2.69. The molecule has 0 radical (unpaired) electrons. The van der Waals surface area contributed by atoms with Crippen molar-refractivity contribution in [3.8, 4) is 0 Å². The Balaban J connectivity index is 2.09. The number of hydrogen-bond donors (Lipinski definition) is 0. The Labute approximate surface area is 108 Å². The van der Waals surface area contributed by atoms with Crippen LogP contribution in [0.15, 0.2) is 49.1 Å². The molecule has 0 unspecified atom stereocenters. The first-order chi connectivity index (χ1) is 9.25. The van der Waals surface area contributed by atoms with E-state index in [1.165, 1.54) is 12.3 Å². The van der Waals surface area contributed by atoms with Crippen molar-refractivity contribution in [2.75, 3.05) is 0 Å². The molecule has 0 amide bonds. The fraction of sp³-hybridized carbons (Fsp3) is 0. The van der Waals surface area contributed by atoms with Crippen LogP contribution in [0.4, 0.5) is 4.39 Å². The highest BCUT2D eigenvalue weighted by Crippen LogP contribution is 2.16. The van der Waals surface area contributed by atoms with Gasteiger partial charge < -0.3 is 0 Å². The van der Waals surface area contributed by atoms with Gasteiger partial charge in [0.1, 0.15) is 0 Å². The number of halogens is 1. The molecule has 0 fully saturated rings. The number of fused-ring (bicyclic) bond motifs is 1. The van der Waals surface area contributed by atoms with E-state index >= 15 is 0 Å². The average Bonchev–Trinajstić information content (AvgIpc) is 2.46. The van der Waals surface area contributed by atoms with Gasteiger partial charge in [-0.25, -0.2) is 4.39 Å². The second-order valence-corrected chi connectivity index (χ2v) is 3.94. The molecule has 3 aromatic rings. The second-order valence-electron chi connectivity index (χ2n) is 3.94. The lowest BCUT2D eigenvalue weighted by Crippen LogP contribution is -2.04. The predicted octanol–water partition coefficient (Wildman–Crippen LogP) is 2.39. The number of ketones is 1. The van der Waals surface area contributed by atoms with Crippen molar-refractivity contribution in [3.05, 3.63) is 66.0 Å². The lowest BCUT2D eigenvalue weighted by molar-refractivity contribution is 0.103. The summed E-state index contributed by atoms with van der Waals surface area (Å²) in [6.45, 7) is 0. The minimum Gasteiger partial charge on any atom is -0.288 e. The molecule has 0 aliphatic rings. The van der Waals surface area contributed by atoms with E-state index in [1.807, 2.05) is 0 Å². The van der Waals surface area contributed by atoms with Crippen LogP contribution in [0.25, 0.3) is 11.0 Å². The van der Waals surface area contributed by atoms with Gasteiger partial charge in [-0.2, -0.15) is 0 Å². The van der Waals surface area contributed by atoms with Crippen molar-refractivity contribution in [1.82, 2.24) is 15.0 Å². The van der Waals surface area contributed by atoms with Crippen LogP contribution in [0.3, 0.4) is 0 Å². The van der Waals surface area contributed by atoms with Gasteiger partial charge in [0.25, 0.3) is 0 Å². The van der Waals surface area contributed by atoms with Gasteiger partial charge in [0.15, 0.2) is 11.6 Å². The van der Waals surface area contributed by atoms with Crippen molar-refractivity contribution in [2.24, 2.45) is 0 Å². The molecule has 19 heavy (non-hydrogen) atoms. The van der Waals surface area contributed by atoms with Crippen LogP contribution in [-0.4, -0.2) is 20.7 Å². The maximum absolute atomic E-state index is 13.5. The third-order valence-electron chi connectivity index (χ3n) is 2.75. The van der Waals surface area contributed by atoms with E-state index in [1.54, 1.807) is 30.6 Å². The van der Waals surface area contributed by atoms with Gasteiger partial charge in [-0.1, -0.05) is 0 Å². The predicted molar refractivity (Wildman–Crippen MR) is 67.2 cm³/mol. The highest BCUT2D eigenvalue weighted by molar-refractivity contribution is 6.10. The van der Waals surface area contributed by atoms with E-state index in [0.717, 1.165) is 6.20 Å². The fourth-order valence-corrected chi connectivity index (χ4v) is 1.82. The maximum atomic E-state index is 13.5. The van der Waals surface area contributed by atoms with Crippen LogP contribution < -0.4 is 0 Å². The summed E-state index contributed by atoms with van der Waals surface area (Å²) in [4.78, 5) is 24.0. The molecule has 2 heterocycles. The van der Waals surface area contributed by atoms with Crippen LogP contribution in [0.5, 0.6) is 0 Å². The van der Waals surface area contributed by atoms with Gasteiger partial charge in [-0.05, 0) is 24.3 Å². The molecule has 5 heteroatoms. The molecule has 0 spiro atoms. The van der Waals surface area contributed by atoms with E-state index < -0.39 is 11.6 Å². The summed E-state index contributed by atoms with van der Waals surface area (Å²) in [7, 11) is 0. The molecule has 92 valence electrons. The van der Waals surface area contributed by atoms with E-state index in [9.17, 15) is 9.18 Å². The van der Waals surface area contributed by atoms with E-state index in [-0.39, 0.29) is 5.56 Å². The summed E-state index contributed by atoms with van der Waals surface area (Å²) in [5.41, 5.74) is 1.66. The highest BCUT2D eigenvalue weighted by Gasteiger charge is 2.14. The molecule has 0 bridgehead atoms. The van der Waals surface area contributed by atoms with Gasteiger partial charge in [0, 0.05) is 24.2 Å². The van der Waals surface area contributed by atoms with E-state index in [4.69, 9.17) is 0 Å². The summed E-state index contributed by atoms with van der Waals surface area (Å²) in [5.74, 6) is -1.03. The zero-order valence-electron chi connectivity index (χ0n) is 9.75. The fourth-order valence-electron chi connectivity index (χ4n) is 1.82. The van der Waals surface area contributed by atoms with Gasteiger partial charge in [-0.15, -0.1) is 0 Å². The number of hydrogen-bond acceptors (Lipinski definition) is 4. The van der Waals surface area contributed by atoms with Crippen molar-refractivity contribution in [3.63, 3.8) is 0 Å². The Bertz CT molecular complexity index is 773.